The van der Waals surface area contributed by atoms with Crippen LogP contribution in [0.5, 0.6) is 5.75 Å². The second-order valence-corrected chi connectivity index (χ2v) is 9.36. The molecule has 0 aliphatic carbocycles. The van der Waals surface area contributed by atoms with Crippen molar-refractivity contribution in [3.63, 3.8) is 0 Å². The number of methoxy groups -OCH3 is 1. The van der Waals surface area contributed by atoms with E-state index in [1.807, 2.05) is 69.3 Å². The van der Waals surface area contributed by atoms with Crippen LogP contribution in [0.3, 0.4) is 0 Å². The second-order valence-electron chi connectivity index (χ2n) is 9.36. The minimum Gasteiger partial charge on any atom is -0.507 e. The van der Waals surface area contributed by atoms with Gasteiger partial charge in [0.05, 0.1) is 24.3 Å². The van der Waals surface area contributed by atoms with Crippen molar-refractivity contribution in [2.24, 2.45) is 0 Å². The predicted molar refractivity (Wildman–Crippen MR) is 148 cm³/mol. The van der Waals surface area contributed by atoms with Gasteiger partial charge in [-0.15, -0.1) is 0 Å². The number of nitrogens with zero attached hydrogens (tertiary/aromatic N) is 2. The van der Waals surface area contributed by atoms with Gasteiger partial charge in [-0.2, -0.15) is 0 Å². The van der Waals surface area contributed by atoms with E-state index in [2.05, 4.69) is 18.7 Å². The lowest BCUT2D eigenvalue weighted by Gasteiger charge is -2.28. The number of anilines is 2. The van der Waals surface area contributed by atoms with Crippen molar-refractivity contribution in [3.8, 4) is 5.75 Å². The molecule has 0 aromatic heterocycles. The lowest BCUT2D eigenvalue weighted by Crippen LogP contribution is -2.30. The van der Waals surface area contributed by atoms with Crippen molar-refractivity contribution in [2.45, 2.75) is 40.7 Å². The standard InChI is InChI=1S/C31H34N2O4/c1-7-32(8-2)23-15-13-22(14-16-23)28-27(29(34)24-18-19(3)12-17-26(24)37-6)30(35)31(36)33(28)25-11-9-10-20(4)21(25)5/h9-18,28,34H,7-8H2,1-6H3/b29-27+. The predicted octanol–water partition coefficient (Wildman–Crippen LogP) is 6.09. The molecule has 1 unspecified atom stereocenters. The molecule has 1 aliphatic heterocycles. The van der Waals surface area contributed by atoms with E-state index in [0.29, 0.717) is 17.0 Å². The van der Waals surface area contributed by atoms with Gasteiger partial charge in [0, 0.05) is 24.5 Å². The third-order valence-corrected chi connectivity index (χ3v) is 7.23. The summed E-state index contributed by atoms with van der Waals surface area (Å²) in [5.41, 5.74) is 5.68. The lowest BCUT2D eigenvalue weighted by molar-refractivity contribution is -0.132. The van der Waals surface area contributed by atoms with E-state index < -0.39 is 17.7 Å². The maximum atomic E-state index is 13.6. The van der Waals surface area contributed by atoms with E-state index in [4.69, 9.17) is 4.74 Å². The van der Waals surface area contributed by atoms with Crippen molar-refractivity contribution >= 4 is 28.8 Å². The number of aliphatic hydroxyl groups excluding tert-OH is 1. The molecule has 0 radical (unpaired) electrons. The van der Waals surface area contributed by atoms with Crippen LogP contribution in [0, 0.1) is 20.8 Å². The molecule has 6 nitrogen and oxygen atoms in total. The minimum absolute atomic E-state index is 0.0467. The SMILES string of the molecule is CCN(CC)c1ccc(C2/C(=C(\O)c3cc(C)ccc3OC)C(=O)C(=O)N2c2cccc(C)c2C)cc1. The van der Waals surface area contributed by atoms with Gasteiger partial charge >= 0.3 is 0 Å². The molecule has 3 aromatic rings. The summed E-state index contributed by atoms with van der Waals surface area (Å²) in [6.07, 6.45) is 0. The molecule has 37 heavy (non-hydrogen) atoms. The van der Waals surface area contributed by atoms with Gasteiger partial charge in [0.1, 0.15) is 11.5 Å². The fraction of sp³-hybridized carbons (Fsp3) is 0.290. The van der Waals surface area contributed by atoms with E-state index >= 15 is 0 Å². The maximum Gasteiger partial charge on any atom is 0.300 e. The van der Waals surface area contributed by atoms with Crippen LogP contribution in [-0.2, 0) is 9.59 Å². The Kier molecular flexibility index (Phi) is 7.39. The summed E-state index contributed by atoms with van der Waals surface area (Å²) in [5.74, 6) is -1.21. The molecule has 1 saturated heterocycles. The first-order valence-corrected chi connectivity index (χ1v) is 12.6. The topological polar surface area (TPSA) is 70.1 Å². The number of hydrogen-bond acceptors (Lipinski definition) is 5. The smallest absolute Gasteiger partial charge is 0.300 e. The highest BCUT2D eigenvalue weighted by Crippen LogP contribution is 2.44. The average molecular weight is 499 g/mol. The number of Topliss-reactive ketones (excluding diaryl/α,β-unsaturated/α-hetero) is 1. The molecular weight excluding hydrogens is 464 g/mol. The Labute approximate surface area is 218 Å². The monoisotopic (exact) mass is 498 g/mol. The third-order valence-electron chi connectivity index (χ3n) is 7.23. The van der Waals surface area contributed by atoms with Crippen molar-refractivity contribution in [1.82, 2.24) is 0 Å². The van der Waals surface area contributed by atoms with E-state index in [-0.39, 0.29) is 11.3 Å². The molecule has 1 heterocycles. The van der Waals surface area contributed by atoms with Crippen LogP contribution < -0.4 is 14.5 Å². The van der Waals surface area contributed by atoms with E-state index in [1.54, 1.807) is 12.1 Å². The molecule has 1 amide bonds. The van der Waals surface area contributed by atoms with E-state index in [0.717, 1.165) is 41.0 Å². The summed E-state index contributed by atoms with van der Waals surface area (Å²) in [5, 5.41) is 11.6. The first-order chi connectivity index (χ1) is 17.7. The van der Waals surface area contributed by atoms with Crippen LogP contribution in [-0.4, -0.2) is 37.0 Å². The summed E-state index contributed by atoms with van der Waals surface area (Å²) < 4.78 is 5.49. The van der Waals surface area contributed by atoms with Gasteiger partial charge in [-0.05, 0) is 81.6 Å². The fourth-order valence-electron chi connectivity index (χ4n) is 5.00. The Balaban J connectivity index is 1.98. The van der Waals surface area contributed by atoms with Crippen LogP contribution in [0.25, 0.3) is 5.76 Å². The van der Waals surface area contributed by atoms with Crippen molar-refractivity contribution in [1.29, 1.82) is 0 Å². The number of ether oxygens (including phenoxy) is 1. The first-order valence-electron chi connectivity index (χ1n) is 12.6. The fourth-order valence-corrected chi connectivity index (χ4v) is 5.00. The molecule has 3 aromatic carbocycles. The Morgan fingerprint density at radius 2 is 1.65 bits per heavy atom. The molecule has 1 aliphatic rings. The molecule has 0 bridgehead atoms. The summed E-state index contributed by atoms with van der Waals surface area (Å²) in [4.78, 5) is 30.9. The number of benzene rings is 3. The number of carbonyl (C=O) groups is 2. The molecule has 0 saturated carbocycles. The van der Waals surface area contributed by atoms with E-state index in [1.165, 1.54) is 12.0 Å². The highest BCUT2D eigenvalue weighted by atomic mass is 16.5. The van der Waals surface area contributed by atoms with Gasteiger partial charge in [-0.25, -0.2) is 0 Å². The minimum atomic E-state index is -0.795. The number of amides is 1. The van der Waals surface area contributed by atoms with Crippen LogP contribution >= 0.6 is 0 Å². The molecule has 1 atom stereocenters. The van der Waals surface area contributed by atoms with Gasteiger partial charge in [0.25, 0.3) is 11.7 Å². The normalized spacial score (nSPS) is 16.8. The zero-order valence-electron chi connectivity index (χ0n) is 22.3. The Morgan fingerprint density at radius 3 is 2.27 bits per heavy atom. The number of aliphatic hydroxyl groups is 1. The molecule has 0 spiro atoms. The van der Waals surface area contributed by atoms with Crippen molar-refractivity contribution in [3.05, 3.63) is 94.1 Å². The number of aryl methyl sites for hydroxylation is 2. The van der Waals surface area contributed by atoms with Crippen molar-refractivity contribution in [2.75, 3.05) is 30.0 Å². The zero-order chi connectivity index (χ0) is 26.9. The third kappa shape index (κ3) is 4.59. The second kappa shape index (κ2) is 10.5. The number of carbonyl (C=O) groups excluding carboxylic acids is 2. The number of ketones is 1. The molecule has 1 fully saturated rings. The van der Waals surface area contributed by atoms with Gasteiger partial charge in [0.2, 0.25) is 0 Å². The highest BCUT2D eigenvalue weighted by Gasteiger charge is 2.47. The zero-order valence-corrected chi connectivity index (χ0v) is 22.3. The largest absolute Gasteiger partial charge is 0.507 e. The van der Waals surface area contributed by atoms with Crippen LogP contribution in [0.4, 0.5) is 11.4 Å². The molecular formula is C31H34N2O4. The Bertz CT molecular complexity index is 1370. The lowest BCUT2D eigenvalue weighted by atomic mass is 9.93. The molecule has 4 rings (SSSR count). The Morgan fingerprint density at radius 1 is 0.973 bits per heavy atom. The molecule has 6 heteroatoms. The van der Waals surface area contributed by atoms with Gasteiger partial charge in [0.15, 0.2) is 0 Å². The summed E-state index contributed by atoms with van der Waals surface area (Å²) in [6.45, 7) is 11.7. The number of rotatable bonds is 7. The quantitative estimate of drug-likeness (QED) is 0.242. The Hall–Kier alpha value is -4.06. The maximum absolute atomic E-state index is 13.6. The van der Waals surface area contributed by atoms with E-state index in [9.17, 15) is 14.7 Å². The average Bonchev–Trinajstić information content (AvgIpc) is 3.16. The molecule has 192 valence electrons. The van der Waals surface area contributed by atoms with Gasteiger partial charge in [-0.3, -0.25) is 14.5 Å². The van der Waals surface area contributed by atoms with Crippen LogP contribution in [0.2, 0.25) is 0 Å². The van der Waals surface area contributed by atoms with Gasteiger partial charge in [-0.1, -0.05) is 35.9 Å². The molecule has 1 N–H and O–H groups in total. The van der Waals surface area contributed by atoms with Gasteiger partial charge < -0.3 is 14.7 Å². The number of hydrogen-bond donors (Lipinski definition) is 1. The highest BCUT2D eigenvalue weighted by molar-refractivity contribution is 6.51. The van der Waals surface area contributed by atoms with Crippen LogP contribution in [0.1, 0.15) is 47.7 Å². The van der Waals surface area contributed by atoms with Crippen LogP contribution in [0.15, 0.2) is 66.2 Å². The summed E-state index contributed by atoms with van der Waals surface area (Å²) in [6, 6.07) is 18.1. The summed E-state index contributed by atoms with van der Waals surface area (Å²) >= 11 is 0. The summed E-state index contributed by atoms with van der Waals surface area (Å²) in [7, 11) is 1.51. The first kappa shape index (κ1) is 26.0. The van der Waals surface area contributed by atoms with Crippen molar-refractivity contribution < 1.29 is 19.4 Å².